The second-order valence-electron chi connectivity index (χ2n) is 10.1. The SMILES string of the molecule is CCCOC(CC(C)C)(CC(C)C)C(=O)Nc1ccc(OCCN2CCCCCC2)cc1. The highest BCUT2D eigenvalue weighted by Crippen LogP contribution is 2.31. The van der Waals surface area contributed by atoms with E-state index < -0.39 is 5.60 Å². The van der Waals surface area contributed by atoms with Crippen LogP contribution in [0.15, 0.2) is 24.3 Å². The first-order valence-electron chi connectivity index (χ1n) is 12.7. The van der Waals surface area contributed by atoms with Gasteiger partial charge in [-0.15, -0.1) is 0 Å². The van der Waals surface area contributed by atoms with E-state index in [1.54, 1.807) is 0 Å². The van der Waals surface area contributed by atoms with E-state index in [1.165, 1.54) is 38.8 Å². The van der Waals surface area contributed by atoms with Crippen LogP contribution in [0.1, 0.15) is 79.6 Å². The summed E-state index contributed by atoms with van der Waals surface area (Å²) in [4.78, 5) is 15.9. The van der Waals surface area contributed by atoms with Gasteiger partial charge in [0.2, 0.25) is 0 Å². The number of benzene rings is 1. The molecule has 1 heterocycles. The van der Waals surface area contributed by atoms with E-state index in [0.717, 1.165) is 24.4 Å². The van der Waals surface area contributed by atoms with E-state index >= 15 is 0 Å². The van der Waals surface area contributed by atoms with Gasteiger partial charge in [0.15, 0.2) is 0 Å². The molecule has 2 rings (SSSR count). The summed E-state index contributed by atoms with van der Waals surface area (Å²) in [7, 11) is 0. The lowest BCUT2D eigenvalue weighted by atomic mass is 9.83. The second kappa shape index (κ2) is 13.8. The molecule has 0 unspecified atom stereocenters. The van der Waals surface area contributed by atoms with Crippen LogP contribution in [0.5, 0.6) is 5.75 Å². The van der Waals surface area contributed by atoms with Crippen molar-refractivity contribution < 1.29 is 14.3 Å². The number of hydrogen-bond acceptors (Lipinski definition) is 4. The molecule has 1 amide bonds. The van der Waals surface area contributed by atoms with Gasteiger partial charge in [0.25, 0.3) is 5.91 Å². The number of rotatable bonds is 13. The average molecular weight is 447 g/mol. The first-order valence-corrected chi connectivity index (χ1v) is 12.7. The Morgan fingerprint density at radius 3 is 2.09 bits per heavy atom. The largest absolute Gasteiger partial charge is 0.492 e. The molecule has 1 fully saturated rings. The second-order valence-corrected chi connectivity index (χ2v) is 10.1. The predicted octanol–water partition coefficient (Wildman–Crippen LogP) is 6.14. The highest BCUT2D eigenvalue weighted by molar-refractivity contribution is 5.97. The fourth-order valence-corrected chi connectivity index (χ4v) is 4.60. The number of nitrogens with one attached hydrogen (secondary N) is 1. The van der Waals surface area contributed by atoms with E-state index in [9.17, 15) is 4.79 Å². The van der Waals surface area contributed by atoms with Crippen molar-refractivity contribution in [1.82, 2.24) is 4.90 Å². The van der Waals surface area contributed by atoms with Crippen molar-refractivity contribution in [3.8, 4) is 5.75 Å². The van der Waals surface area contributed by atoms with Crippen LogP contribution in [0.3, 0.4) is 0 Å². The number of anilines is 1. The lowest BCUT2D eigenvalue weighted by molar-refractivity contribution is -0.147. The summed E-state index contributed by atoms with van der Waals surface area (Å²) in [5, 5.41) is 3.12. The molecule has 182 valence electrons. The Balaban J connectivity index is 1.95. The average Bonchev–Trinajstić information content (AvgIpc) is 3.01. The van der Waals surface area contributed by atoms with E-state index in [4.69, 9.17) is 9.47 Å². The van der Waals surface area contributed by atoms with Crippen molar-refractivity contribution in [3.05, 3.63) is 24.3 Å². The van der Waals surface area contributed by atoms with E-state index in [2.05, 4.69) is 44.8 Å². The molecule has 0 bridgehead atoms. The topological polar surface area (TPSA) is 50.8 Å². The quantitative estimate of drug-likeness (QED) is 0.395. The summed E-state index contributed by atoms with van der Waals surface area (Å²) in [5.74, 6) is 1.55. The van der Waals surface area contributed by atoms with Gasteiger partial charge in [0.1, 0.15) is 18.0 Å². The van der Waals surface area contributed by atoms with Gasteiger partial charge in [-0.3, -0.25) is 9.69 Å². The van der Waals surface area contributed by atoms with Crippen molar-refractivity contribution in [2.75, 3.05) is 38.2 Å². The molecule has 1 aliphatic heterocycles. The number of ether oxygens (including phenoxy) is 2. The minimum atomic E-state index is -0.791. The summed E-state index contributed by atoms with van der Waals surface area (Å²) in [5.41, 5.74) is -0.00688. The first-order chi connectivity index (χ1) is 15.3. The molecule has 5 nitrogen and oxygen atoms in total. The van der Waals surface area contributed by atoms with Crippen LogP contribution in [0.2, 0.25) is 0 Å². The Morgan fingerprint density at radius 2 is 1.56 bits per heavy atom. The third-order valence-electron chi connectivity index (χ3n) is 5.96. The first kappa shape index (κ1) is 26.7. The maximum atomic E-state index is 13.4. The van der Waals surface area contributed by atoms with Crippen LogP contribution in [-0.2, 0) is 9.53 Å². The summed E-state index contributed by atoms with van der Waals surface area (Å²) < 4.78 is 12.2. The maximum absolute atomic E-state index is 13.4. The highest BCUT2D eigenvalue weighted by atomic mass is 16.5. The van der Waals surface area contributed by atoms with Gasteiger partial charge in [0.05, 0.1) is 0 Å². The molecule has 1 saturated heterocycles. The minimum absolute atomic E-state index is 0.0387. The number of carbonyl (C=O) groups is 1. The van der Waals surface area contributed by atoms with Gasteiger partial charge in [0, 0.05) is 18.8 Å². The fraction of sp³-hybridized carbons (Fsp3) is 0.741. The van der Waals surface area contributed by atoms with Gasteiger partial charge in [-0.1, -0.05) is 47.5 Å². The van der Waals surface area contributed by atoms with Crippen molar-refractivity contribution in [2.24, 2.45) is 11.8 Å². The van der Waals surface area contributed by atoms with Gasteiger partial charge >= 0.3 is 0 Å². The molecule has 0 atom stereocenters. The van der Waals surface area contributed by atoms with Gasteiger partial charge in [-0.05, 0) is 81.3 Å². The smallest absolute Gasteiger partial charge is 0.256 e. The van der Waals surface area contributed by atoms with Gasteiger partial charge in [-0.25, -0.2) is 0 Å². The maximum Gasteiger partial charge on any atom is 0.256 e. The zero-order valence-electron chi connectivity index (χ0n) is 21.1. The monoisotopic (exact) mass is 446 g/mol. The van der Waals surface area contributed by atoms with Crippen LogP contribution in [0.4, 0.5) is 5.69 Å². The molecule has 32 heavy (non-hydrogen) atoms. The Hall–Kier alpha value is -1.59. The zero-order chi connectivity index (χ0) is 23.4. The standard InChI is InChI=1S/C27H46N2O3/c1-6-18-32-27(20-22(2)3,21-23(4)5)26(30)28-24-11-13-25(14-12-24)31-19-17-29-15-9-7-8-10-16-29/h11-14,22-23H,6-10,15-21H2,1-5H3,(H,28,30). The summed E-state index contributed by atoms with van der Waals surface area (Å²) in [6.45, 7) is 15.3. The Kier molecular flexibility index (Phi) is 11.5. The predicted molar refractivity (Wildman–Crippen MR) is 133 cm³/mol. The number of likely N-dealkylation sites (tertiary alicyclic amines) is 1. The molecule has 0 radical (unpaired) electrons. The molecular formula is C27H46N2O3. The van der Waals surface area contributed by atoms with E-state index in [0.29, 0.717) is 37.9 Å². The lowest BCUT2D eigenvalue weighted by Gasteiger charge is -2.35. The van der Waals surface area contributed by atoms with Crippen molar-refractivity contribution in [1.29, 1.82) is 0 Å². The van der Waals surface area contributed by atoms with Crippen LogP contribution < -0.4 is 10.1 Å². The molecule has 0 aromatic heterocycles. The number of hydrogen-bond donors (Lipinski definition) is 1. The van der Waals surface area contributed by atoms with Crippen molar-refractivity contribution in [3.63, 3.8) is 0 Å². The third-order valence-corrected chi connectivity index (χ3v) is 5.96. The molecule has 5 heteroatoms. The zero-order valence-corrected chi connectivity index (χ0v) is 21.1. The summed E-state index contributed by atoms with van der Waals surface area (Å²) >= 11 is 0. The van der Waals surface area contributed by atoms with E-state index in [-0.39, 0.29) is 5.91 Å². The normalized spacial score (nSPS) is 15.7. The van der Waals surface area contributed by atoms with Gasteiger partial charge in [-0.2, -0.15) is 0 Å². The molecule has 1 aromatic rings. The van der Waals surface area contributed by atoms with E-state index in [1.807, 2.05) is 24.3 Å². The van der Waals surface area contributed by atoms with Crippen LogP contribution in [-0.4, -0.2) is 49.3 Å². The molecule has 0 saturated carbocycles. The highest BCUT2D eigenvalue weighted by Gasteiger charge is 2.40. The van der Waals surface area contributed by atoms with Crippen molar-refractivity contribution >= 4 is 11.6 Å². The molecule has 0 spiro atoms. The van der Waals surface area contributed by atoms with Crippen molar-refractivity contribution in [2.45, 2.75) is 85.2 Å². The third kappa shape index (κ3) is 9.11. The lowest BCUT2D eigenvalue weighted by Crippen LogP contribution is -2.47. The molecule has 1 N–H and O–H groups in total. The number of nitrogens with zero attached hydrogens (tertiary/aromatic N) is 1. The molecule has 1 aliphatic rings. The van der Waals surface area contributed by atoms with Crippen LogP contribution in [0, 0.1) is 11.8 Å². The van der Waals surface area contributed by atoms with Crippen LogP contribution >= 0.6 is 0 Å². The molecular weight excluding hydrogens is 400 g/mol. The Labute approximate surface area is 196 Å². The minimum Gasteiger partial charge on any atom is -0.492 e. The number of amides is 1. The number of carbonyl (C=O) groups excluding carboxylic acids is 1. The Bertz CT molecular complexity index is 639. The molecule has 1 aromatic carbocycles. The fourth-order valence-electron chi connectivity index (χ4n) is 4.60. The van der Waals surface area contributed by atoms with Crippen LogP contribution in [0.25, 0.3) is 0 Å². The van der Waals surface area contributed by atoms with Gasteiger partial charge < -0.3 is 14.8 Å². The summed E-state index contributed by atoms with van der Waals surface area (Å²) in [6, 6.07) is 7.73. The summed E-state index contributed by atoms with van der Waals surface area (Å²) in [6.07, 6.45) is 7.63. The Morgan fingerprint density at radius 1 is 0.969 bits per heavy atom. The molecule has 0 aliphatic carbocycles.